The van der Waals surface area contributed by atoms with Gasteiger partial charge in [-0.3, -0.25) is 4.57 Å². The molecule has 3 aromatic rings. The summed E-state index contributed by atoms with van der Waals surface area (Å²) in [5.74, 6) is 1.44. The molecule has 1 aliphatic heterocycles. The van der Waals surface area contributed by atoms with E-state index in [9.17, 15) is 9.59 Å². The monoisotopic (exact) mass is 422 g/mol. The number of rotatable bonds is 5. The molecular weight excluding hydrogens is 396 g/mol. The SMILES string of the molecule is COc1ccc(OC)c(C2CCCN2C(=O)Nc2ccccc2-n2c(C)c[nH]c2=O)c1. The Morgan fingerprint density at radius 1 is 1.16 bits per heavy atom. The van der Waals surface area contributed by atoms with Crippen LogP contribution in [0.3, 0.4) is 0 Å². The van der Waals surface area contributed by atoms with Gasteiger partial charge in [0.05, 0.1) is 31.6 Å². The Morgan fingerprint density at radius 3 is 2.68 bits per heavy atom. The molecule has 2 N–H and O–H groups in total. The van der Waals surface area contributed by atoms with Crippen LogP contribution in [0.25, 0.3) is 5.69 Å². The molecule has 0 saturated carbocycles. The molecule has 1 aliphatic rings. The Morgan fingerprint density at radius 2 is 1.97 bits per heavy atom. The van der Waals surface area contributed by atoms with Crippen LogP contribution in [0, 0.1) is 6.92 Å². The van der Waals surface area contributed by atoms with Crippen molar-refractivity contribution in [3.63, 3.8) is 0 Å². The van der Waals surface area contributed by atoms with Crippen LogP contribution in [-0.4, -0.2) is 41.2 Å². The van der Waals surface area contributed by atoms with E-state index in [0.29, 0.717) is 17.9 Å². The van der Waals surface area contributed by atoms with Gasteiger partial charge < -0.3 is 24.7 Å². The second-order valence-corrected chi connectivity index (χ2v) is 7.48. The van der Waals surface area contributed by atoms with Gasteiger partial charge in [-0.1, -0.05) is 12.1 Å². The summed E-state index contributed by atoms with van der Waals surface area (Å²) >= 11 is 0. The van der Waals surface area contributed by atoms with Crippen molar-refractivity contribution in [3.05, 3.63) is 70.4 Å². The number of carbonyl (C=O) groups is 1. The van der Waals surface area contributed by atoms with Gasteiger partial charge in [-0.2, -0.15) is 0 Å². The van der Waals surface area contributed by atoms with E-state index in [1.165, 1.54) is 0 Å². The summed E-state index contributed by atoms with van der Waals surface area (Å²) in [6, 6.07) is 12.5. The lowest BCUT2D eigenvalue weighted by molar-refractivity contribution is 0.206. The van der Waals surface area contributed by atoms with Gasteiger partial charge in [0.2, 0.25) is 0 Å². The number of methoxy groups -OCH3 is 2. The molecule has 8 nitrogen and oxygen atoms in total. The predicted octanol–water partition coefficient (Wildman–Crippen LogP) is 3.86. The van der Waals surface area contributed by atoms with E-state index in [2.05, 4.69) is 10.3 Å². The molecule has 8 heteroatoms. The van der Waals surface area contributed by atoms with Crippen LogP contribution in [-0.2, 0) is 0 Å². The zero-order valence-electron chi connectivity index (χ0n) is 17.8. The van der Waals surface area contributed by atoms with Gasteiger partial charge in [0.25, 0.3) is 0 Å². The van der Waals surface area contributed by atoms with Crippen molar-refractivity contribution in [2.75, 3.05) is 26.1 Å². The third-order valence-electron chi connectivity index (χ3n) is 5.66. The van der Waals surface area contributed by atoms with Gasteiger partial charge in [0.1, 0.15) is 11.5 Å². The Balaban J connectivity index is 1.64. The van der Waals surface area contributed by atoms with Gasteiger partial charge in [0, 0.05) is 24.0 Å². The fourth-order valence-electron chi connectivity index (χ4n) is 4.15. The second kappa shape index (κ2) is 8.59. The van der Waals surface area contributed by atoms with E-state index in [1.807, 2.05) is 43.3 Å². The highest BCUT2D eigenvalue weighted by molar-refractivity contribution is 5.92. The lowest BCUT2D eigenvalue weighted by Gasteiger charge is -2.27. The Hall–Kier alpha value is -3.68. The number of carbonyl (C=O) groups excluding carboxylic acids is 1. The molecule has 1 saturated heterocycles. The maximum absolute atomic E-state index is 13.3. The van der Waals surface area contributed by atoms with Gasteiger partial charge in [-0.15, -0.1) is 0 Å². The average molecular weight is 422 g/mol. The molecule has 1 aromatic heterocycles. The molecular formula is C23H26N4O4. The highest BCUT2D eigenvalue weighted by atomic mass is 16.5. The number of anilines is 1. The third kappa shape index (κ3) is 3.88. The third-order valence-corrected chi connectivity index (χ3v) is 5.66. The second-order valence-electron chi connectivity index (χ2n) is 7.48. The maximum Gasteiger partial charge on any atom is 0.330 e. The van der Waals surface area contributed by atoms with Crippen molar-refractivity contribution in [2.24, 2.45) is 0 Å². The Labute approximate surface area is 180 Å². The van der Waals surface area contributed by atoms with E-state index in [4.69, 9.17) is 9.47 Å². The van der Waals surface area contributed by atoms with E-state index in [0.717, 1.165) is 35.6 Å². The molecule has 162 valence electrons. The van der Waals surface area contributed by atoms with Crippen molar-refractivity contribution in [1.29, 1.82) is 0 Å². The molecule has 1 unspecified atom stereocenters. The number of benzene rings is 2. The molecule has 4 rings (SSSR count). The smallest absolute Gasteiger partial charge is 0.330 e. The summed E-state index contributed by atoms with van der Waals surface area (Å²) < 4.78 is 12.5. The van der Waals surface area contributed by atoms with E-state index in [-0.39, 0.29) is 17.8 Å². The van der Waals surface area contributed by atoms with Crippen LogP contribution in [0.4, 0.5) is 10.5 Å². The number of aromatic nitrogens is 2. The lowest BCUT2D eigenvalue weighted by atomic mass is 10.0. The van der Waals surface area contributed by atoms with Gasteiger partial charge in [-0.25, -0.2) is 9.59 Å². The highest BCUT2D eigenvalue weighted by Gasteiger charge is 2.32. The molecule has 0 bridgehead atoms. The van der Waals surface area contributed by atoms with Crippen LogP contribution < -0.4 is 20.5 Å². The summed E-state index contributed by atoms with van der Waals surface area (Å²) in [7, 11) is 3.24. The lowest BCUT2D eigenvalue weighted by Crippen LogP contribution is -2.35. The molecule has 0 spiro atoms. The van der Waals surface area contributed by atoms with Crippen LogP contribution in [0.2, 0.25) is 0 Å². The van der Waals surface area contributed by atoms with Crippen molar-refractivity contribution in [2.45, 2.75) is 25.8 Å². The number of aromatic amines is 1. The summed E-state index contributed by atoms with van der Waals surface area (Å²) in [5.41, 5.74) is 2.61. The van der Waals surface area contributed by atoms with E-state index < -0.39 is 0 Å². The topological polar surface area (TPSA) is 88.6 Å². The molecule has 0 aliphatic carbocycles. The molecule has 0 radical (unpaired) electrons. The first-order valence-corrected chi connectivity index (χ1v) is 10.2. The normalized spacial score (nSPS) is 15.7. The number of H-pyrrole nitrogens is 1. The quantitative estimate of drug-likeness (QED) is 0.654. The van der Waals surface area contributed by atoms with Crippen LogP contribution in [0.15, 0.2) is 53.5 Å². The number of nitrogens with one attached hydrogen (secondary N) is 2. The van der Waals surface area contributed by atoms with Gasteiger partial charge >= 0.3 is 11.7 Å². The number of hydrogen-bond donors (Lipinski definition) is 2. The number of ether oxygens (including phenoxy) is 2. The first-order chi connectivity index (χ1) is 15.0. The minimum Gasteiger partial charge on any atom is -0.497 e. The van der Waals surface area contributed by atoms with E-state index in [1.54, 1.807) is 35.9 Å². The first kappa shape index (κ1) is 20.6. The number of hydrogen-bond acceptors (Lipinski definition) is 4. The summed E-state index contributed by atoms with van der Waals surface area (Å²) in [4.78, 5) is 30.0. The molecule has 1 fully saturated rings. The largest absolute Gasteiger partial charge is 0.497 e. The number of imidazole rings is 1. The highest BCUT2D eigenvalue weighted by Crippen LogP contribution is 2.39. The Kier molecular flexibility index (Phi) is 5.70. The fraction of sp³-hybridized carbons (Fsp3) is 0.304. The first-order valence-electron chi connectivity index (χ1n) is 10.2. The summed E-state index contributed by atoms with van der Waals surface area (Å²) in [5, 5.41) is 3.00. The minimum absolute atomic E-state index is 0.131. The van der Waals surface area contributed by atoms with Crippen molar-refractivity contribution in [1.82, 2.24) is 14.5 Å². The predicted molar refractivity (Wildman–Crippen MR) is 118 cm³/mol. The standard InChI is InChI=1S/C23H26N4O4/c1-15-14-24-22(28)27(15)20-8-5-4-7-18(20)25-23(29)26-12-6-9-19(26)17-13-16(30-2)10-11-21(17)31-3/h4-5,7-8,10-11,13-14,19H,6,9,12H2,1-3H3,(H,24,28)(H,25,29). The van der Waals surface area contributed by atoms with Crippen molar-refractivity contribution >= 4 is 11.7 Å². The van der Waals surface area contributed by atoms with Crippen molar-refractivity contribution < 1.29 is 14.3 Å². The minimum atomic E-state index is -0.251. The molecule has 31 heavy (non-hydrogen) atoms. The van der Waals surface area contributed by atoms with Crippen LogP contribution in [0.5, 0.6) is 11.5 Å². The number of nitrogens with zero attached hydrogens (tertiary/aromatic N) is 2. The average Bonchev–Trinajstić information content (AvgIpc) is 3.40. The van der Waals surface area contributed by atoms with Crippen LogP contribution in [0.1, 0.15) is 30.1 Å². The van der Waals surface area contributed by atoms with Crippen molar-refractivity contribution in [3.8, 4) is 17.2 Å². The summed E-state index contributed by atoms with van der Waals surface area (Å²) in [6.45, 7) is 2.46. The number of likely N-dealkylation sites (tertiary alicyclic amines) is 1. The van der Waals surface area contributed by atoms with Gasteiger partial charge in [0.15, 0.2) is 0 Å². The zero-order valence-corrected chi connectivity index (χ0v) is 17.8. The number of urea groups is 1. The molecule has 2 heterocycles. The zero-order chi connectivity index (χ0) is 22.0. The molecule has 2 aromatic carbocycles. The maximum atomic E-state index is 13.3. The number of amides is 2. The molecule has 1 atom stereocenters. The number of aryl methyl sites for hydroxylation is 1. The summed E-state index contributed by atoms with van der Waals surface area (Å²) in [6.07, 6.45) is 3.36. The van der Waals surface area contributed by atoms with Crippen LogP contribution >= 0.6 is 0 Å². The Bertz CT molecular complexity index is 1150. The molecule has 2 amide bonds. The number of para-hydroxylation sites is 2. The van der Waals surface area contributed by atoms with E-state index >= 15 is 0 Å². The van der Waals surface area contributed by atoms with Gasteiger partial charge in [-0.05, 0) is 50.1 Å². The fourth-order valence-corrected chi connectivity index (χ4v) is 4.15.